The van der Waals surface area contributed by atoms with Gasteiger partial charge in [0.2, 0.25) is 0 Å². The molecule has 0 saturated heterocycles. The van der Waals surface area contributed by atoms with Crippen molar-refractivity contribution in [2.24, 2.45) is 5.73 Å². The summed E-state index contributed by atoms with van der Waals surface area (Å²) in [4.78, 5) is 2.78. The van der Waals surface area contributed by atoms with E-state index in [1.165, 1.54) is 25.7 Å². The van der Waals surface area contributed by atoms with Gasteiger partial charge in [-0.25, -0.2) is 0 Å². The lowest BCUT2D eigenvalue weighted by Crippen LogP contribution is -2.52. The average molecular weight is 321 g/mol. The number of thiocarbonyl (C=S) groups is 1. The van der Waals surface area contributed by atoms with Crippen molar-refractivity contribution in [2.75, 3.05) is 37.5 Å². The molecule has 1 aliphatic heterocycles. The fraction of sp³-hybridized carbons (Fsp3) is 0.562. The van der Waals surface area contributed by atoms with Gasteiger partial charge in [-0.1, -0.05) is 25.1 Å². The summed E-state index contributed by atoms with van der Waals surface area (Å²) in [7, 11) is 3.31. The highest BCUT2D eigenvalue weighted by Gasteiger charge is 2.40. The molecule has 120 valence electrons. The van der Waals surface area contributed by atoms with E-state index in [-0.39, 0.29) is 5.54 Å². The molecule has 0 unspecified atom stereocenters. The number of methoxy groups -OCH3 is 2. The zero-order valence-electron chi connectivity index (χ0n) is 13.1. The second kappa shape index (κ2) is 5.83. The lowest BCUT2D eigenvalue weighted by Gasteiger charge is -2.44. The molecule has 1 aromatic rings. The first kappa shape index (κ1) is 15.2. The second-order valence-electron chi connectivity index (χ2n) is 6.16. The van der Waals surface area contributed by atoms with Crippen molar-refractivity contribution in [2.45, 2.75) is 31.2 Å². The van der Waals surface area contributed by atoms with E-state index in [4.69, 9.17) is 27.4 Å². The molecule has 0 bridgehead atoms. The van der Waals surface area contributed by atoms with Gasteiger partial charge in [0, 0.05) is 18.7 Å². The van der Waals surface area contributed by atoms with Gasteiger partial charge in [-0.15, -0.1) is 0 Å². The second-order valence-corrected chi connectivity index (χ2v) is 6.68. The lowest BCUT2D eigenvalue weighted by atomic mass is 9.92. The molecular formula is C16H23N3O2S. The smallest absolute Gasteiger partial charge is 0.162 e. The third-order valence-corrected chi connectivity index (χ3v) is 4.77. The van der Waals surface area contributed by atoms with Crippen molar-refractivity contribution in [3.05, 3.63) is 12.1 Å². The van der Waals surface area contributed by atoms with Crippen molar-refractivity contribution in [1.82, 2.24) is 0 Å². The number of rotatable bonds is 4. The molecule has 3 N–H and O–H groups in total. The Morgan fingerprint density at radius 2 is 1.91 bits per heavy atom. The van der Waals surface area contributed by atoms with Gasteiger partial charge < -0.3 is 25.4 Å². The summed E-state index contributed by atoms with van der Waals surface area (Å²) in [6.07, 6.45) is 4.87. The van der Waals surface area contributed by atoms with Gasteiger partial charge in [0.1, 0.15) is 0 Å². The van der Waals surface area contributed by atoms with Crippen molar-refractivity contribution in [3.8, 4) is 11.5 Å². The van der Waals surface area contributed by atoms with E-state index in [2.05, 4.69) is 10.2 Å². The summed E-state index contributed by atoms with van der Waals surface area (Å²) < 4.78 is 10.9. The van der Waals surface area contributed by atoms with Crippen LogP contribution in [0.15, 0.2) is 12.1 Å². The van der Waals surface area contributed by atoms with Crippen LogP contribution in [-0.4, -0.2) is 37.8 Å². The van der Waals surface area contributed by atoms with E-state index in [9.17, 15) is 0 Å². The minimum absolute atomic E-state index is 0.122. The molecule has 1 fully saturated rings. The first-order valence-corrected chi connectivity index (χ1v) is 8.05. The predicted octanol–water partition coefficient (Wildman–Crippen LogP) is 2.53. The Labute approximate surface area is 136 Å². The Bertz CT molecular complexity index is 585. The Morgan fingerprint density at radius 1 is 1.27 bits per heavy atom. The number of benzene rings is 1. The first-order valence-electron chi connectivity index (χ1n) is 7.64. The zero-order chi connectivity index (χ0) is 15.7. The molecule has 0 amide bonds. The quantitative estimate of drug-likeness (QED) is 0.831. The number of fused-ring (bicyclic) bond motifs is 1. The van der Waals surface area contributed by atoms with Crippen LogP contribution in [0, 0.1) is 0 Å². The van der Waals surface area contributed by atoms with Crippen molar-refractivity contribution in [3.63, 3.8) is 0 Å². The highest BCUT2D eigenvalue weighted by molar-refractivity contribution is 7.80. The van der Waals surface area contributed by atoms with Gasteiger partial charge >= 0.3 is 0 Å². The van der Waals surface area contributed by atoms with Gasteiger partial charge in [-0.05, 0) is 12.8 Å². The van der Waals surface area contributed by atoms with Crippen molar-refractivity contribution in [1.29, 1.82) is 0 Å². The summed E-state index contributed by atoms with van der Waals surface area (Å²) in [6, 6.07) is 4.02. The van der Waals surface area contributed by atoms with Crippen LogP contribution in [0.1, 0.15) is 25.7 Å². The summed E-state index contributed by atoms with van der Waals surface area (Å²) in [5, 5.41) is 3.74. The first-order chi connectivity index (χ1) is 10.6. The molecule has 1 saturated carbocycles. The standard InChI is InChI=1S/C16H23N3O2S/c1-20-13-7-11-12(8-14(13)21-2)19(9-15(17)22)10-16(18-11)5-3-4-6-16/h7-8,18H,3-6,9-10H2,1-2H3,(H2,17,22). The maximum atomic E-state index is 5.81. The summed E-state index contributed by atoms with van der Waals surface area (Å²) in [6.45, 7) is 1.51. The molecule has 22 heavy (non-hydrogen) atoms. The molecule has 0 radical (unpaired) electrons. The van der Waals surface area contributed by atoms with Crippen molar-refractivity contribution < 1.29 is 9.47 Å². The van der Waals surface area contributed by atoms with Crippen LogP contribution >= 0.6 is 12.2 Å². The molecule has 3 rings (SSSR count). The monoisotopic (exact) mass is 321 g/mol. The Hall–Kier alpha value is -1.69. The van der Waals surface area contributed by atoms with Gasteiger partial charge in [0.15, 0.2) is 11.5 Å². The van der Waals surface area contributed by atoms with Crippen molar-refractivity contribution >= 4 is 28.6 Å². The fourth-order valence-corrected chi connectivity index (χ4v) is 3.83. The lowest BCUT2D eigenvalue weighted by molar-refractivity contribution is 0.354. The minimum Gasteiger partial charge on any atom is -0.493 e. The number of nitrogens with two attached hydrogens (primary N) is 1. The fourth-order valence-electron chi connectivity index (χ4n) is 3.67. The van der Waals surface area contributed by atoms with Crippen LogP contribution in [0.5, 0.6) is 11.5 Å². The minimum atomic E-state index is 0.122. The van der Waals surface area contributed by atoms with E-state index in [1.807, 2.05) is 12.1 Å². The molecular weight excluding hydrogens is 298 g/mol. The number of anilines is 2. The van der Waals surface area contributed by atoms with Gasteiger partial charge in [0.05, 0.1) is 42.7 Å². The van der Waals surface area contributed by atoms with Gasteiger partial charge in [-0.3, -0.25) is 0 Å². The van der Waals surface area contributed by atoms with E-state index in [0.29, 0.717) is 11.5 Å². The molecule has 1 aliphatic carbocycles. The summed E-state index contributed by atoms with van der Waals surface area (Å²) in [5.74, 6) is 1.46. The summed E-state index contributed by atoms with van der Waals surface area (Å²) >= 11 is 5.14. The van der Waals surface area contributed by atoms with Crippen LogP contribution in [-0.2, 0) is 0 Å². The zero-order valence-corrected chi connectivity index (χ0v) is 14.0. The predicted molar refractivity (Wildman–Crippen MR) is 93.4 cm³/mol. The third kappa shape index (κ3) is 2.67. The SMILES string of the molecule is COc1cc2c(cc1OC)N(CC(N)=S)CC1(CCCC1)N2. The molecule has 0 aromatic heterocycles. The van der Waals surface area contributed by atoms with Crippen LogP contribution in [0.2, 0.25) is 0 Å². The molecule has 5 nitrogen and oxygen atoms in total. The van der Waals surface area contributed by atoms with Crippen LogP contribution in [0.25, 0.3) is 0 Å². The molecule has 2 aliphatic rings. The Balaban J connectivity index is 2.04. The van der Waals surface area contributed by atoms with E-state index in [1.54, 1.807) is 14.2 Å². The van der Waals surface area contributed by atoms with Gasteiger partial charge in [0.25, 0.3) is 0 Å². The maximum Gasteiger partial charge on any atom is 0.162 e. The number of hydrogen-bond acceptors (Lipinski definition) is 5. The highest BCUT2D eigenvalue weighted by Crippen LogP contribution is 2.46. The molecule has 1 aromatic carbocycles. The summed E-state index contributed by atoms with van der Waals surface area (Å²) in [5.41, 5.74) is 8.07. The van der Waals surface area contributed by atoms with E-state index in [0.717, 1.165) is 29.4 Å². The molecule has 1 spiro atoms. The number of hydrogen-bond donors (Lipinski definition) is 2. The topological polar surface area (TPSA) is 59.8 Å². The Morgan fingerprint density at radius 3 is 2.50 bits per heavy atom. The van der Waals surface area contributed by atoms with Crippen LogP contribution in [0.4, 0.5) is 11.4 Å². The number of nitrogens with one attached hydrogen (secondary N) is 1. The molecule has 1 heterocycles. The van der Waals surface area contributed by atoms with Crippen LogP contribution in [0.3, 0.4) is 0 Å². The van der Waals surface area contributed by atoms with E-state index < -0.39 is 0 Å². The van der Waals surface area contributed by atoms with E-state index >= 15 is 0 Å². The van der Waals surface area contributed by atoms with Gasteiger partial charge in [-0.2, -0.15) is 0 Å². The maximum absolute atomic E-state index is 5.81. The average Bonchev–Trinajstić information content (AvgIpc) is 2.93. The number of ether oxygens (including phenoxy) is 2. The normalized spacial score (nSPS) is 18.7. The molecule has 0 atom stereocenters. The largest absolute Gasteiger partial charge is 0.493 e. The highest BCUT2D eigenvalue weighted by atomic mass is 32.1. The number of nitrogens with zero attached hydrogens (tertiary/aromatic N) is 1. The van der Waals surface area contributed by atoms with Crippen LogP contribution < -0.4 is 25.4 Å². The molecule has 6 heteroatoms. The third-order valence-electron chi connectivity index (χ3n) is 4.64. The Kier molecular flexibility index (Phi) is 4.04.